The van der Waals surface area contributed by atoms with Gasteiger partial charge in [-0.15, -0.1) is 0 Å². The van der Waals surface area contributed by atoms with Gasteiger partial charge in [-0.25, -0.2) is 0 Å². The molecule has 0 amide bonds. The van der Waals surface area contributed by atoms with Gasteiger partial charge in [0, 0.05) is 0 Å². The lowest BCUT2D eigenvalue weighted by Crippen LogP contribution is -2.36. The van der Waals surface area contributed by atoms with Crippen molar-refractivity contribution in [1.29, 1.82) is 0 Å². The lowest BCUT2D eigenvalue weighted by Gasteiger charge is -2.27. The van der Waals surface area contributed by atoms with E-state index in [1.165, 1.54) is 6.42 Å². The molecule has 0 unspecified atom stereocenters. The summed E-state index contributed by atoms with van der Waals surface area (Å²) in [7, 11) is 0. The van der Waals surface area contributed by atoms with Gasteiger partial charge in [0.25, 0.3) is 0 Å². The molecule has 4 atom stereocenters. The molecule has 2 saturated carbocycles. The Morgan fingerprint density at radius 2 is 1.63 bits per heavy atom. The minimum atomic E-state index is -0.859. The van der Waals surface area contributed by atoms with Gasteiger partial charge in [0.15, 0.2) is 0 Å². The van der Waals surface area contributed by atoms with Crippen LogP contribution in [0.2, 0.25) is 0 Å². The second-order valence-electron chi connectivity index (χ2n) is 6.04. The maximum absolute atomic E-state index is 12.3. The van der Waals surface area contributed by atoms with Gasteiger partial charge in [-0.2, -0.15) is 0 Å². The summed E-state index contributed by atoms with van der Waals surface area (Å²) >= 11 is 0. The fourth-order valence-corrected chi connectivity index (χ4v) is 3.91. The number of aliphatic carboxylic acids is 1. The summed E-state index contributed by atoms with van der Waals surface area (Å²) in [4.78, 5) is 23.7. The highest BCUT2D eigenvalue weighted by atomic mass is 16.5. The average Bonchev–Trinajstić information content (AvgIpc) is 2.99. The first-order valence-corrected chi connectivity index (χ1v) is 7.28. The Hall–Kier alpha value is -1.32. The summed E-state index contributed by atoms with van der Waals surface area (Å²) in [5.74, 6) is -2.09. The van der Waals surface area contributed by atoms with Gasteiger partial charge >= 0.3 is 11.9 Å². The topological polar surface area (TPSA) is 63.6 Å². The van der Waals surface area contributed by atoms with Gasteiger partial charge in [-0.05, 0) is 43.9 Å². The van der Waals surface area contributed by atoms with Crippen LogP contribution in [0.15, 0.2) is 12.2 Å². The van der Waals surface area contributed by atoms with Crippen molar-refractivity contribution in [1.82, 2.24) is 0 Å². The lowest BCUT2D eigenvalue weighted by molar-refractivity contribution is -0.163. The molecule has 19 heavy (non-hydrogen) atoms. The maximum Gasteiger partial charge on any atom is 0.310 e. The predicted octanol–water partition coefficient (Wildman–Crippen LogP) is 2.39. The number of carbonyl (C=O) groups excluding carboxylic acids is 1. The summed E-state index contributed by atoms with van der Waals surface area (Å²) in [6.07, 6.45) is 10.0. The Bertz CT molecular complexity index is 408. The van der Waals surface area contributed by atoms with Crippen LogP contribution in [-0.4, -0.2) is 23.1 Å². The van der Waals surface area contributed by atoms with E-state index in [0.29, 0.717) is 0 Å². The lowest BCUT2D eigenvalue weighted by atomic mass is 9.83. The maximum atomic E-state index is 12.3. The molecule has 0 heterocycles. The zero-order valence-corrected chi connectivity index (χ0v) is 11.0. The summed E-state index contributed by atoms with van der Waals surface area (Å²) < 4.78 is 5.57. The van der Waals surface area contributed by atoms with Gasteiger partial charge < -0.3 is 9.84 Å². The molecular formula is C15H20O4. The molecule has 0 aliphatic heterocycles. The number of esters is 1. The van der Waals surface area contributed by atoms with E-state index in [0.717, 1.165) is 32.1 Å². The summed E-state index contributed by atoms with van der Waals surface area (Å²) in [5.41, 5.74) is 0. The highest BCUT2D eigenvalue weighted by Crippen LogP contribution is 2.48. The van der Waals surface area contributed by atoms with Gasteiger partial charge in [0.05, 0.1) is 11.8 Å². The molecule has 4 heteroatoms. The van der Waals surface area contributed by atoms with E-state index < -0.39 is 17.8 Å². The van der Waals surface area contributed by atoms with Crippen molar-refractivity contribution in [3.05, 3.63) is 12.2 Å². The Labute approximate surface area is 112 Å². The summed E-state index contributed by atoms with van der Waals surface area (Å²) in [5, 5.41) is 9.32. The molecule has 3 aliphatic carbocycles. The average molecular weight is 264 g/mol. The molecule has 3 aliphatic rings. The van der Waals surface area contributed by atoms with E-state index in [1.807, 2.05) is 12.2 Å². The van der Waals surface area contributed by atoms with Crippen molar-refractivity contribution >= 4 is 11.9 Å². The Morgan fingerprint density at radius 1 is 1.00 bits per heavy atom. The second-order valence-corrected chi connectivity index (χ2v) is 6.04. The molecule has 0 aromatic heterocycles. The molecule has 2 bridgehead atoms. The van der Waals surface area contributed by atoms with E-state index >= 15 is 0 Å². The van der Waals surface area contributed by atoms with Crippen molar-refractivity contribution in [3.63, 3.8) is 0 Å². The number of hydrogen-bond acceptors (Lipinski definition) is 3. The van der Waals surface area contributed by atoms with E-state index in [1.54, 1.807) is 0 Å². The van der Waals surface area contributed by atoms with E-state index in [2.05, 4.69) is 0 Å². The van der Waals surface area contributed by atoms with Gasteiger partial charge in [0.2, 0.25) is 0 Å². The second kappa shape index (κ2) is 4.99. The molecule has 0 aromatic carbocycles. The Kier molecular flexibility index (Phi) is 3.33. The van der Waals surface area contributed by atoms with Crippen LogP contribution in [0.4, 0.5) is 0 Å². The van der Waals surface area contributed by atoms with Crippen LogP contribution >= 0.6 is 0 Å². The van der Waals surface area contributed by atoms with E-state index in [9.17, 15) is 14.7 Å². The van der Waals surface area contributed by atoms with E-state index in [-0.39, 0.29) is 23.9 Å². The minimum Gasteiger partial charge on any atom is -0.481 e. The molecule has 0 spiro atoms. The van der Waals surface area contributed by atoms with Crippen LogP contribution in [0.25, 0.3) is 0 Å². The molecule has 0 saturated heterocycles. The fraction of sp³-hybridized carbons (Fsp3) is 0.733. The molecule has 2 fully saturated rings. The Balaban J connectivity index is 1.68. The minimum absolute atomic E-state index is 0.0128. The number of rotatable bonds is 3. The number of ether oxygens (including phenoxy) is 1. The number of carboxylic acids is 1. The van der Waals surface area contributed by atoms with Crippen LogP contribution in [0, 0.1) is 23.7 Å². The summed E-state index contributed by atoms with van der Waals surface area (Å²) in [6, 6.07) is 0. The third-order valence-electron chi connectivity index (χ3n) is 4.85. The van der Waals surface area contributed by atoms with Crippen molar-refractivity contribution in [2.45, 2.75) is 44.6 Å². The monoisotopic (exact) mass is 264 g/mol. The first-order chi connectivity index (χ1) is 9.16. The number of carbonyl (C=O) groups is 2. The summed E-state index contributed by atoms with van der Waals surface area (Å²) in [6.45, 7) is 0. The quantitative estimate of drug-likeness (QED) is 0.628. The predicted molar refractivity (Wildman–Crippen MR) is 68.3 cm³/mol. The third-order valence-corrected chi connectivity index (χ3v) is 4.85. The highest BCUT2D eigenvalue weighted by Gasteiger charge is 2.52. The van der Waals surface area contributed by atoms with Crippen molar-refractivity contribution in [2.24, 2.45) is 23.7 Å². The normalized spacial score (nSPS) is 37.5. The van der Waals surface area contributed by atoms with Crippen LogP contribution in [0.3, 0.4) is 0 Å². The SMILES string of the molecule is O=C(OC1CCCCC1)[C@@H]1[C@@H](C(=O)O)[C@H]2C=C[C@@H]1C2. The van der Waals surface area contributed by atoms with Gasteiger partial charge in [0.1, 0.15) is 6.10 Å². The van der Waals surface area contributed by atoms with Crippen molar-refractivity contribution in [3.8, 4) is 0 Å². The standard InChI is InChI=1S/C15H20O4/c16-14(17)12-9-6-7-10(8-9)13(12)15(18)19-11-4-2-1-3-5-11/h6-7,9-13H,1-5,8H2,(H,16,17)/t9-,10+,12-,13-/m0/s1. The molecule has 4 nitrogen and oxygen atoms in total. The van der Waals surface area contributed by atoms with Crippen LogP contribution in [0.5, 0.6) is 0 Å². The van der Waals surface area contributed by atoms with Gasteiger partial charge in [-0.1, -0.05) is 18.6 Å². The number of hydrogen-bond donors (Lipinski definition) is 1. The van der Waals surface area contributed by atoms with Crippen molar-refractivity contribution in [2.75, 3.05) is 0 Å². The van der Waals surface area contributed by atoms with E-state index in [4.69, 9.17) is 4.74 Å². The van der Waals surface area contributed by atoms with Crippen LogP contribution in [-0.2, 0) is 14.3 Å². The first-order valence-electron chi connectivity index (χ1n) is 7.28. The zero-order valence-electron chi connectivity index (χ0n) is 11.0. The third kappa shape index (κ3) is 2.28. The highest BCUT2D eigenvalue weighted by molar-refractivity contribution is 5.83. The fourth-order valence-electron chi connectivity index (χ4n) is 3.91. The van der Waals surface area contributed by atoms with Crippen molar-refractivity contribution < 1.29 is 19.4 Å². The Morgan fingerprint density at radius 3 is 2.26 bits per heavy atom. The molecule has 104 valence electrons. The zero-order chi connectivity index (χ0) is 13.4. The number of fused-ring (bicyclic) bond motifs is 2. The smallest absolute Gasteiger partial charge is 0.310 e. The molecular weight excluding hydrogens is 244 g/mol. The molecule has 0 radical (unpaired) electrons. The van der Waals surface area contributed by atoms with Gasteiger partial charge in [-0.3, -0.25) is 9.59 Å². The van der Waals surface area contributed by atoms with Crippen LogP contribution in [0.1, 0.15) is 38.5 Å². The van der Waals surface area contributed by atoms with Crippen LogP contribution < -0.4 is 0 Å². The molecule has 1 N–H and O–H groups in total. The molecule has 3 rings (SSSR count). The number of allylic oxidation sites excluding steroid dienone is 2. The first kappa shape index (κ1) is 12.7. The molecule has 0 aromatic rings. The number of carboxylic acid groups (broad SMARTS) is 1. The largest absolute Gasteiger partial charge is 0.481 e.